The summed E-state index contributed by atoms with van der Waals surface area (Å²) in [5.74, 6) is -0.0714. The number of aliphatic hydroxyl groups is 2. The van der Waals surface area contributed by atoms with Gasteiger partial charge in [-0.1, -0.05) is 341 Å². The lowest BCUT2D eigenvalue weighted by Crippen LogP contribution is -2.45. The van der Waals surface area contributed by atoms with Crippen LogP contribution < -0.4 is 5.32 Å². The molecular formula is C66H129NO5. The van der Waals surface area contributed by atoms with Crippen LogP contribution in [-0.4, -0.2) is 47.4 Å². The van der Waals surface area contributed by atoms with E-state index in [1.165, 1.54) is 289 Å². The van der Waals surface area contributed by atoms with Gasteiger partial charge in [0.25, 0.3) is 0 Å². The van der Waals surface area contributed by atoms with Gasteiger partial charge in [0.1, 0.15) is 0 Å². The minimum atomic E-state index is -0.852. The first-order valence-corrected chi connectivity index (χ1v) is 33.0. The fourth-order valence-corrected chi connectivity index (χ4v) is 10.5. The van der Waals surface area contributed by atoms with Gasteiger partial charge in [-0.3, -0.25) is 9.59 Å². The maximum atomic E-state index is 12.5. The molecule has 0 spiro atoms. The van der Waals surface area contributed by atoms with Crippen LogP contribution in [0.5, 0.6) is 0 Å². The Bertz CT molecular complexity index is 1080. The molecule has 0 saturated carbocycles. The number of carbonyl (C=O) groups is 2. The van der Waals surface area contributed by atoms with Crippen molar-refractivity contribution in [1.29, 1.82) is 0 Å². The summed E-state index contributed by atoms with van der Waals surface area (Å²) < 4.78 is 5.50. The maximum Gasteiger partial charge on any atom is 0.305 e. The quantitative estimate of drug-likeness (QED) is 0.0320. The van der Waals surface area contributed by atoms with Gasteiger partial charge in [-0.2, -0.15) is 0 Å². The van der Waals surface area contributed by atoms with Crippen molar-refractivity contribution in [2.75, 3.05) is 13.2 Å². The molecule has 0 aromatic heterocycles. The van der Waals surface area contributed by atoms with E-state index in [0.29, 0.717) is 19.4 Å². The summed E-state index contributed by atoms with van der Waals surface area (Å²) in [6, 6.07) is -0.636. The topological polar surface area (TPSA) is 95.9 Å². The molecule has 0 aliphatic rings. The van der Waals surface area contributed by atoms with Crippen molar-refractivity contribution in [2.24, 2.45) is 0 Å². The molecule has 6 heteroatoms. The lowest BCUT2D eigenvalue weighted by molar-refractivity contribution is -0.143. The third-order valence-corrected chi connectivity index (χ3v) is 15.6. The average molecular weight is 1020 g/mol. The number of rotatable bonds is 62. The van der Waals surface area contributed by atoms with E-state index in [4.69, 9.17) is 4.74 Å². The smallest absolute Gasteiger partial charge is 0.305 e. The summed E-state index contributed by atoms with van der Waals surface area (Å²) in [5, 5.41) is 23.2. The lowest BCUT2D eigenvalue weighted by atomic mass is 10.0. The fourth-order valence-electron chi connectivity index (χ4n) is 10.5. The van der Waals surface area contributed by atoms with Crippen LogP contribution >= 0.6 is 0 Å². The van der Waals surface area contributed by atoms with E-state index < -0.39 is 12.1 Å². The van der Waals surface area contributed by atoms with Crippen LogP contribution in [0.2, 0.25) is 0 Å². The first kappa shape index (κ1) is 70.6. The normalized spacial score (nSPS) is 12.6. The highest BCUT2D eigenvalue weighted by Gasteiger charge is 2.18. The number of allylic oxidation sites excluding steroid dienone is 1. The fraction of sp³-hybridized carbons (Fsp3) is 0.939. The van der Waals surface area contributed by atoms with E-state index in [9.17, 15) is 19.8 Å². The zero-order chi connectivity index (χ0) is 52.2. The SMILES string of the molecule is CCCCCCCCCCCCCCCCCCCCCCC/C=C/C(O)C(CO)NC(=O)CCCCCCCCCCCCCCCCOC(=O)CCCCCCCCCCCCCCCCCCCC. The lowest BCUT2D eigenvalue weighted by Gasteiger charge is -2.20. The predicted molar refractivity (Wildman–Crippen MR) is 315 cm³/mol. The number of aliphatic hydroxyl groups excluding tert-OH is 2. The molecule has 1 amide bonds. The minimum absolute atomic E-state index is 0.00227. The van der Waals surface area contributed by atoms with Crippen molar-refractivity contribution in [3.8, 4) is 0 Å². The van der Waals surface area contributed by atoms with Gasteiger partial charge in [0, 0.05) is 12.8 Å². The number of hydrogen-bond donors (Lipinski definition) is 3. The number of carbonyl (C=O) groups excluding carboxylic acids is 2. The zero-order valence-corrected chi connectivity index (χ0v) is 48.9. The van der Waals surface area contributed by atoms with E-state index in [1.54, 1.807) is 6.08 Å². The molecule has 72 heavy (non-hydrogen) atoms. The molecule has 0 saturated heterocycles. The van der Waals surface area contributed by atoms with Crippen molar-refractivity contribution in [1.82, 2.24) is 5.32 Å². The minimum Gasteiger partial charge on any atom is -0.466 e. The molecular weight excluding hydrogens is 887 g/mol. The molecule has 428 valence electrons. The van der Waals surface area contributed by atoms with Gasteiger partial charge in [0.2, 0.25) is 5.91 Å². The molecule has 0 aliphatic heterocycles. The Morgan fingerprint density at radius 3 is 0.944 bits per heavy atom. The molecule has 0 heterocycles. The molecule has 2 unspecified atom stereocenters. The number of esters is 1. The van der Waals surface area contributed by atoms with Crippen LogP contribution in [0.25, 0.3) is 0 Å². The second kappa shape index (κ2) is 62.1. The van der Waals surface area contributed by atoms with E-state index in [2.05, 4.69) is 19.2 Å². The number of ether oxygens (including phenoxy) is 1. The molecule has 0 aliphatic carbocycles. The van der Waals surface area contributed by atoms with Crippen molar-refractivity contribution < 1.29 is 24.5 Å². The average Bonchev–Trinajstić information content (AvgIpc) is 3.38. The Morgan fingerprint density at radius 1 is 0.375 bits per heavy atom. The van der Waals surface area contributed by atoms with Gasteiger partial charge in [0.05, 0.1) is 25.4 Å². The van der Waals surface area contributed by atoms with Crippen LogP contribution in [0.15, 0.2) is 12.2 Å². The summed E-state index contributed by atoms with van der Waals surface area (Å²) in [7, 11) is 0. The van der Waals surface area contributed by atoms with Gasteiger partial charge in [-0.15, -0.1) is 0 Å². The van der Waals surface area contributed by atoms with Crippen LogP contribution in [-0.2, 0) is 14.3 Å². The molecule has 6 nitrogen and oxygen atoms in total. The maximum absolute atomic E-state index is 12.5. The Balaban J connectivity index is 3.44. The van der Waals surface area contributed by atoms with Crippen molar-refractivity contribution in [3.63, 3.8) is 0 Å². The highest BCUT2D eigenvalue weighted by molar-refractivity contribution is 5.76. The second-order valence-corrected chi connectivity index (χ2v) is 22.8. The third-order valence-electron chi connectivity index (χ3n) is 15.6. The molecule has 3 N–H and O–H groups in total. The van der Waals surface area contributed by atoms with Crippen molar-refractivity contribution in [3.05, 3.63) is 12.2 Å². The van der Waals surface area contributed by atoms with Gasteiger partial charge in [0.15, 0.2) is 0 Å². The highest BCUT2D eigenvalue weighted by atomic mass is 16.5. The van der Waals surface area contributed by atoms with E-state index in [-0.39, 0.29) is 18.5 Å². The van der Waals surface area contributed by atoms with E-state index in [1.807, 2.05) is 6.08 Å². The Morgan fingerprint density at radius 2 is 0.639 bits per heavy atom. The molecule has 0 fully saturated rings. The van der Waals surface area contributed by atoms with Crippen LogP contribution in [0.1, 0.15) is 373 Å². The summed E-state index contributed by atoms with van der Waals surface area (Å²) in [5.41, 5.74) is 0. The predicted octanol–water partition coefficient (Wildman–Crippen LogP) is 20.8. The summed E-state index contributed by atoms with van der Waals surface area (Å²) in [6.07, 6.45) is 75.4. The van der Waals surface area contributed by atoms with Crippen LogP contribution in [0.3, 0.4) is 0 Å². The number of nitrogens with one attached hydrogen (secondary N) is 1. The van der Waals surface area contributed by atoms with Gasteiger partial charge in [-0.05, 0) is 32.1 Å². The Kier molecular flexibility index (Phi) is 60.9. The molecule has 0 aromatic carbocycles. The number of amides is 1. The summed E-state index contributed by atoms with van der Waals surface area (Å²) >= 11 is 0. The van der Waals surface area contributed by atoms with E-state index in [0.717, 1.165) is 57.8 Å². The van der Waals surface area contributed by atoms with E-state index >= 15 is 0 Å². The molecule has 0 bridgehead atoms. The number of hydrogen-bond acceptors (Lipinski definition) is 5. The van der Waals surface area contributed by atoms with Crippen LogP contribution in [0, 0.1) is 0 Å². The third kappa shape index (κ3) is 57.9. The zero-order valence-electron chi connectivity index (χ0n) is 48.9. The van der Waals surface area contributed by atoms with Crippen LogP contribution in [0.4, 0.5) is 0 Å². The molecule has 0 radical (unpaired) electrons. The summed E-state index contributed by atoms with van der Waals surface area (Å²) in [6.45, 7) is 4.92. The van der Waals surface area contributed by atoms with Crippen molar-refractivity contribution >= 4 is 11.9 Å². The Hall–Kier alpha value is -1.40. The molecule has 2 atom stereocenters. The standard InChI is InChI=1S/C66H129NO5/c1-3-5-7-9-11-13-15-17-19-21-23-24-25-26-27-28-30-34-38-42-46-50-54-58-64(69)63(62-68)67-65(70)59-55-51-47-43-39-35-32-33-37-41-45-49-53-57-61-72-66(71)60-56-52-48-44-40-36-31-29-22-20-18-16-14-12-10-8-6-4-2/h54,58,63-64,68-69H,3-53,55-57,59-62H2,1-2H3,(H,67,70)/b58-54+. The summed E-state index contributed by atoms with van der Waals surface area (Å²) in [4.78, 5) is 24.6. The largest absolute Gasteiger partial charge is 0.466 e. The first-order valence-electron chi connectivity index (χ1n) is 33.0. The van der Waals surface area contributed by atoms with Gasteiger partial charge in [-0.25, -0.2) is 0 Å². The molecule has 0 rings (SSSR count). The first-order chi connectivity index (χ1) is 35.5. The van der Waals surface area contributed by atoms with Crippen molar-refractivity contribution in [2.45, 2.75) is 386 Å². The van der Waals surface area contributed by atoms with Gasteiger partial charge < -0.3 is 20.3 Å². The number of unbranched alkanes of at least 4 members (excludes halogenated alkanes) is 51. The second-order valence-electron chi connectivity index (χ2n) is 22.8. The molecule has 0 aromatic rings. The monoisotopic (exact) mass is 1020 g/mol. The van der Waals surface area contributed by atoms with Gasteiger partial charge >= 0.3 is 5.97 Å². The highest BCUT2D eigenvalue weighted by Crippen LogP contribution is 2.19. The Labute approximate surface area is 450 Å².